The van der Waals surface area contributed by atoms with Gasteiger partial charge in [-0.15, -0.1) is 0 Å². The minimum absolute atomic E-state index is 0.130. The predicted octanol–water partition coefficient (Wildman–Crippen LogP) is 3.16. The van der Waals surface area contributed by atoms with E-state index < -0.39 is 11.9 Å². The van der Waals surface area contributed by atoms with Gasteiger partial charge in [-0.05, 0) is 19.3 Å². The van der Waals surface area contributed by atoms with Gasteiger partial charge in [0.1, 0.15) is 0 Å². The van der Waals surface area contributed by atoms with E-state index in [0.717, 1.165) is 32.1 Å². The molecular formula is C12H24O4. The van der Waals surface area contributed by atoms with Crippen molar-refractivity contribution in [3.8, 4) is 0 Å². The highest BCUT2D eigenvalue weighted by Crippen LogP contribution is 2.05. The van der Waals surface area contributed by atoms with Crippen LogP contribution in [0.5, 0.6) is 0 Å². The van der Waals surface area contributed by atoms with Crippen LogP contribution in [0.25, 0.3) is 0 Å². The summed E-state index contributed by atoms with van der Waals surface area (Å²) in [5.41, 5.74) is 0. The first-order valence-electron chi connectivity index (χ1n) is 5.94. The quantitative estimate of drug-likeness (QED) is 0.661. The Morgan fingerprint density at radius 2 is 1.50 bits per heavy atom. The summed E-state index contributed by atoms with van der Waals surface area (Å²) in [5, 5.41) is 16.5. The lowest BCUT2D eigenvalue weighted by Gasteiger charge is -2.02. The molecule has 0 heterocycles. The molecule has 4 heteroatoms. The standard InChI is InChI=1S/2C6H12O2/c1-3-5(4-2)6(7)8;1-2-3-4-5-6(7)8/h5H,3-4H2,1-2H3,(H,7,8);2-5H2,1H3,(H,7,8). The number of aliphatic carboxylic acids is 2. The van der Waals surface area contributed by atoms with Crippen molar-refractivity contribution in [1.29, 1.82) is 0 Å². The van der Waals surface area contributed by atoms with Crippen LogP contribution in [0.1, 0.15) is 59.3 Å². The molecule has 0 bridgehead atoms. The van der Waals surface area contributed by atoms with Crippen molar-refractivity contribution in [3.05, 3.63) is 0 Å². The van der Waals surface area contributed by atoms with E-state index in [-0.39, 0.29) is 5.92 Å². The number of carbonyl (C=O) groups is 2. The maximum atomic E-state index is 10.2. The van der Waals surface area contributed by atoms with Crippen LogP contribution in [0.4, 0.5) is 0 Å². The molecule has 16 heavy (non-hydrogen) atoms. The van der Waals surface area contributed by atoms with Gasteiger partial charge in [-0.2, -0.15) is 0 Å². The van der Waals surface area contributed by atoms with Gasteiger partial charge in [0.15, 0.2) is 0 Å². The SMILES string of the molecule is CCC(CC)C(=O)O.CCCCCC(=O)O. The van der Waals surface area contributed by atoms with Crippen molar-refractivity contribution >= 4 is 11.9 Å². The van der Waals surface area contributed by atoms with Crippen LogP contribution < -0.4 is 0 Å². The van der Waals surface area contributed by atoms with Gasteiger partial charge in [-0.25, -0.2) is 0 Å². The number of carboxylic acids is 2. The first kappa shape index (κ1) is 17.3. The van der Waals surface area contributed by atoms with Crippen molar-refractivity contribution in [2.75, 3.05) is 0 Å². The molecule has 0 atom stereocenters. The molecule has 0 amide bonds. The molecule has 0 aliphatic rings. The molecule has 0 saturated heterocycles. The summed E-state index contributed by atoms with van der Waals surface area (Å²) < 4.78 is 0. The minimum atomic E-state index is -0.682. The van der Waals surface area contributed by atoms with Crippen molar-refractivity contribution in [2.24, 2.45) is 5.92 Å². The largest absolute Gasteiger partial charge is 0.481 e. The molecule has 0 unspecified atom stereocenters. The molecule has 0 aromatic rings. The van der Waals surface area contributed by atoms with Crippen LogP contribution in [0.3, 0.4) is 0 Å². The van der Waals surface area contributed by atoms with E-state index in [1.165, 1.54) is 0 Å². The zero-order valence-electron chi connectivity index (χ0n) is 10.5. The summed E-state index contributed by atoms with van der Waals surface area (Å²) in [5.74, 6) is -1.48. The lowest BCUT2D eigenvalue weighted by atomic mass is 10.1. The summed E-state index contributed by atoms with van der Waals surface area (Å²) in [6.45, 7) is 5.84. The second-order valence-corrected chi connectivity index (χ2v) is 3.70. The predicted molar refractivity (Wildman–Crippen MR) is 63.5 cm³/mol. The molecule has 0 rings (SSSR count). The Balaban J connectivity index is 0. The number of hydrogen-bond acceptors (Lipinski definition) is 2. The Morgan fingerprint density at radius 1 is 1.00 bits per heavy atom. The average Bonchev–Trinajstić information content (AvgIpc) is 2.20. The Hall–Kier alpha value is -1.06. The third-order valence-electron chi connectivity index (χ3n) is 2.33. The average molecular weight is 232 g/mol. The van der Waals surface area contributed by atoms with Gasteiger partial charge in [-0.1, -0.05) is 33.6 Å². The third-order valence-corrected chi connectivity index (χ3v) is 2.33. The smallest absolute Gasteiger partial charge is 0.306 e. The molecule has 0 fully saturated rings. The van der Waals surface area contributed by atoms with E-state index >= 15 is 0 Å². The van der Waals surface area contributed by atoms with Crippen molar-refractivity contribution in [2.45, 2.75) is 59.3 Å². The van der Waals surface area contributed by atoms with Crippen LogP contribution in [-0.2, 0) is 9.59 Å². The molecule has 0 aliphatic carbocycles. The Morgan fingerprint density at radius 3 is 1.69 bits per heavy atom. The van der Waals surface area contributed by atoms with Crippen molar-refractivity contribution in [3.63, 3.8) is 0 Å². The molecule has 96 valence electrons. The number of rotatable bonds is 7. The summed E-state index contributed by atoms with van der Waals surface area (Å²) in [6.07, 6.45) is 4.76. The molecule has 2 N–H and O–H groups in total. The molecule has 0 aliphatic heterocycles. The lowest BCUT2D eigenvalue weighted by molar-refractivity contribution is -0.142. The zero-order chi connectivity index (χ0) is 13.0. The number of unbranched alkanes of at least 4 members (excludes halogenated alkanes) is 2. The van der Waals surface area contributed by atoms with Crippen LogP contribution in [0, 0.1) is 5.92 Å². The molecular weight excluding hydrogens is 208 g/mol. The highest BCUT2D eigenvalue weighted by atomic mass is 16.4. The second-order valence-electron chi connectivity index (χ2n) is 3.70. The van der Waals surface area contributed by atoms with Gasteiger partial charge >= 0.3 is 11.9 Å². The van der Waals surface area contributed by atoms with Crippen molar-refractivity contribution < 1.29 is 19.8 Å². The topological polar surface area (TPSA) is 74.6 Å². The minimum Gasteiger partial charge on any atom is -0.481 e. The fraction of sp³-hybridized carbons (Fsp3) is 0.833. The van der Waals surface area contributed by atoms with E-state index in [4.69, 9.17) is 10.2 Å². The summed E-state index contributed by atoms with van der Waals surface area (Å²) in [7, 11) is 0. The van der Waals surface area contributed by atoms with Crippen LogP contribution in [0.2, 0.25) is 0 Å². The highest BCUT2D eigenvalue weighted by molar-refractivity contribution is 5.69. The first-order chi connectivity index (χ1) is 7.49. The highest BCUT2D eigenvalue weighted by Gasteiger charge is 2.10. The molecule has 0 radical (unpaired) electrons. The second kappa shape index (κ2) is 12.0. The Kier molecular flexibility index (Phi) is 13.0. The maximum Gasteiger partial charge on any atom is 0.306 e. The number of carboxylic acid groups (broad SMARTS) is 2. The van der Waals surface area contributed by atoms with Crippen LogP contribution in [-0.4, -0.2) is 22.2 Å². The van der Waals surface area contributed by atoms with E-state index in [0.29, 0.717) is 6.42 Å². The third kappa shape index (κ3) is 12.9. The monoisotopic (exact) mass is 232 g/mol. The number of hydrogen-bond donors (Lipinski definition) is 2. The summed E-state index contributed by atoms with van der Waals surface area (Å²) in [4.78, 5) is 20.0. The Bertz CT molecular complexity index is 185. The molecule has 4 nitrogen and oxygen atoms in total. The summed E-state index contributed by atoms with van der Waals surface area (Å²) in [6, 6.07) is 0. The van der Waals surface area contributed by atoms with E-state index in [2.05, 4.69) is 6.92 Å². The Labute approximate surface area is 97.7 Å². The van der Waals surface area contributed by atoms with Gasteiger partial charge in [0, 0.05) is 6.42 Å². The van der Waals surface area contributed by atoms with Crippen LogP contribution >= 0.6 is 0 Å². The van der Waals surface area contributed by atoms with Gasteiger partial charge in [0.2, 0.25) is 0 Å². The van der Waals surface area contributed by atoms with Gasteiger partial charge in [-0.3, -0.25) is 9.59 Å². The summed E-state index contributed by atoms with van der Waals surface area (Å²) >= 11 is 0. The fourth-order valence-electron chi connectivity index (χ4n) is 1.16. The van der Waals surface area contributed by atoms with Gasteiger partial charge in [0.05, 0.1) is 5.92 Å². The molecule has 0 aromatic carbocycles. The van der Waals surface area contributed by atoms with Gasteiger partial charge < -0.3 is 10.2 Å². The molecule has 0 spiro atoms. The molecule has 0 aromatic heterocycles. The normalized spacial score (nSPS) is 9.50. The zero-order valence-corrected chi connectivity index (χ0v) is 10.5. The molecule has 0 saturated carbocycles. The van der Waals surface area contributed by atoms with E-state index in [9.17, 15) is 9.59 Å². The van der Waals surface area contributed by atoms with Gasteiger partial charge in [0.25, 0.3) is 0 Å². The van der Waals surface area contributed by atoms with E-state index in [1.54, 1.807) is 0 Å². The first-order valence-corrected chi connectivity index (χ1v) is 5.94. The van der Waals surface area contributed by atoms with Crippen molar-refractivity contribution in [1.82, 2.24) is 0 Å². The van der Waals surface area contributed by atoms with Crippen LogP contribution in [0.15, 0.2) is 0 Å². The fourth-order valence-corrected chi connectivity index (χ4v) is 1.16. The lowest BCUT2D eigenvalue weighted by Crippen LogP contribution is -2.10. The van der Waals surface area contributed by atoms with E-state index in [1.807, 2.05) is 13.8 Å². The maximum absolute atomic E-state index is 10.2.